The first-order valence-corrected chi connectivity index (χ1v) is 10.3. The molecule has 6 nitrogen and oxygen atoms in total. The highest BCUT2D eigenvalue weighted by molar-refractivity contribution is 7.92. The number of para-hydroxylation sites is 1. The summed E-state index contributed by atoms with van der Waals surface area (Å²) in [7, 11) is 0.885. The Balaban J connectivity index is 1.88. The molecule has 0 atom stereocenters. The molecule has 0 saturated heterocycles. The zero-order valence-corrected chi connectivity index (χ0v) is 17.3. The van der Waals surface area contributed by atoms with Crippen LogP contribution in [0.4, 0.5) is 11.4 Å². The fourth-order valence-electron chi connectivity index (χ4n) is 2.84. The van der Waals surface area contributed by atoms with Crippen LogP contribution >= 0.6 is 0 Å². The van der Waals surface area contributed by atoms with Crippen molar-refractivity contribution in [1.82, 2.24) is 0 Å². The van der Waals surface area contributed by atoms with Crippen molar-refractivity contribution in [3.05, 3.63) is 84.4 Å². The Hall–Kier alpha value is -3.32. The van der Waals surface area contributed by atoms with E-state index in [2.05, 4.69) is 0 Å². The molecule has 0 aliphatic rings. The highest BCUT2D eigenvalue weighted by atomic mass is 32.2. The van der Waals surface area contributed by atoms with E-state index in [4.69, 9.17) is 4.74 Å². The number of rotatable bonds is 6. The molecule has 0 aliphatic heterocycles. The Morgan fingerprint density at radius 3 is 2.07 bits per heavy atom. The number of sulfonamides is 1. The standard InChI is InChI=1S/C22H22N2O4S/c1-23(18-9-5-4-6-10-18)22(25)17-8-7-11-19(16-17)24(2)29(26,27)21-14-12-20(28-3)13-15-21/h4-16H,1-3H3. The number of carbonyl (C=O) groups is 1. The minimum Gasteiger partial charge on any atom is -0.497 e. The molecule has 0 spiro atoms. The van der Waals surface area contributed by atoms with Crippen LogP contribution in [0.25, 0.3) is 0 Å². The molecule has 3 aromatic carbocycles. The van der Waals surface area contributed by atoms with Crippen molar-refractivity contribution in [2.75, 3.05) is 30.4 Å². The van der Waals surface area contributed by atoms with Gasteiger partial charge in [0.25, 0.3) is 15.9 Å². The van der Waals surface area contributed by atoms with E-state index in [9.17, 15) is 13.2 Å². The first-order chi connectivity index (χ1) is 13.8. The lowest BCUT2D eigenvalue weighted by Crippen LogP contribution is -2.28. The van der Waals surface area contributed by atoms with Crippen LogP contribution in [-0.2, 0) is 10.0 Å². The largest absolute Gasteiger partial charge is 0.497 e. The number of benzene rings is 3. The number of anilines is 2. The molecule has 29 heavy (non-hydrogen) atoms. The van der Waals surface area contributed by atoms with Crippen LogP contribution in [0.15, 0.2) is 83.8 Å². The summed E-state index contributed by atoms with van der Waals surface area (Å²) in [4.78, 5) is 14.5. The molecule has 0 aliphatic carbocycles. The summed E-state index contributed by atoms with van der Waals surface area (Å²) in [5.74, 6) is 0.344. The first-order valence-electron chi connectivity index (χ1n) is 8.91. The van der Waals surface area contributed by atoms with Gasteiger partial charge in [-0.3, -0.25) is 9.10 Å². The SMILES string of the molecule is COc1ccc(S(=O)(=O)N(C)c2cccc(C(=O)N(C)c3ccccc3)c2)cc1. The highest BCUT2D eigenvalue weighted by Crippen LogP contribution is 2.25. The molecule has 0 aromatic heterocycles. The Labute approximate surface area is 171 Å². The Morgan fingerprint density at radius 1 is 0.828 bits per heavy atom. The molecule has 0 bridgehead atoms. The summed E-state index contributed by atoms with van der Waals surface area (Å²) in [5.41, 5.74) is 1.54. The fraction of sp³-hybridized carbons (Fsp3) is 0.136. The summed E-state index contributed by atoms with van der Waals surface area (Å²) < 4.78 is 32.2. The molecular weight excluding hydrogens is 388 g/mol. The molecule has 3 rings (SSSR count). The summed E-state index contributed by atoms with van der Waals surface area (Å²) in [6.07, 6.45) is 0. The second-order valence-corrected chi connectivity index (χ2v) is 8.37. The lowest BCUT2D eigenvalue weighted by atomic mass is 10.1. The zero-order valence-electron chi connectivity index (χ0n) is 16.4. The molecule has 0 heterocycles. The third-order valence-corrected chi connectivity index (χ3v) is 6.42. The molecule has 150 valence electrons. The van der Waals surface area contributed by atoms with Crippen molar-refractivity contribution in [3.8, 4) is 5.75 Å². The van der Waals surface area contributed by atoms with Crippen LogP contribution in [0, 0.1) is 0 Å². The smallest absolute Gasteiger partial charge is 0.264 e. The van der Waals surface area contributed by atoms with Crippen LogP contribution in [-0.4, -0.2) is 35.5 Å². The number of ether oxygens (including phenoxy) is 1. The van der Waals surface area contributed by atoms with E-state index in [1.165, 1.54) is 31.2 Å². The van der Waals surface area contributed by atoms with Gasteiger partial charge >= 0.3 is 0 Å². The van der Waals surface area contributed by atoms with E-state index < -0.39 is 10.0 Å². The average molecular weight is 410 g/mol. The van der Waals surface area contributed by atoms with Crippen molar-refractivity contribution < 1.29 is 17.9 Å². The number of amides is 1. The molecule has 0 saturated carbocycles. The van der Waals surface area contributed by atoms with Crippen molar-refractivity contribution in [1.29, 1.82) is 0 Å². The van der Waals surface area contributed by atoms with Crippen molar-refractivity contribution in [2.24, 2.45) is 0 Å². The van der Waals surface area contributed by atoms with Gasteiger partial charge in [0.2, 0.25) is 0 Å². The lowest BCUT2D eigenvalue weighted by molar-refractivity contribution is 0.0993. The van der Waals surface area contributed by atoms with Gasteiger partial charge in [0, 0.05) is 25.3 Å². The molecule has 0 unspecified atom stereocenters. The molecular formula is C22H22N2O4S. The van der Waals surface area contributed by atoms with Crippen LogP contribution in [0.3, 0.4) is 0 Å². The molecule has 0 radical (unpaired) electrons. The van der Waals surface area contributed by atoms with Gasteiger partial charge in [-0.2, -0.15) is 0 Å². The zero-order chi connectivity index (χ0) is 21.0. The van der Waals surface area contributed by atoms with Crippen molar-refractivity contribution in [3.63, 3.8) is 0 Å². The van der Waals surface area contributed by atoms with Gasteiger partial charge in [-0.15, -0.1) is 0 Å². The number of carbonyl (C=O) groups excluding carboxylic acids is 1. The van der Waals surface area contributed by atoms with Crippen LogP contribution < -0.4 is 13.9 Å². The van der Waals surface area contributed by atoms with E-state index in [0.29, 0.717) is 17.0 Å². The van der Waals surface area contributed by atoms with E-state index in [-0.39, 0.29) is 10.8 Å². The number of methoxy groups -OCH3 is 1. The maximum atomic E-state index is 13.0. The Bertz CT molecular complexity index is 1100. The molecule has 0 fully saturated rings. The van der Waals surface area contributed by atoms with E-state index in [1.54, 1.807) is 43.4 Å². The predicted octanol–water partition coefficient (Wildman–Crippen LogP) is 3.80. The van der Waals surface area contributed by atoms with Crippen LogP contribution in [0.5, 0.6) is 5.75 Å². The molecule has 1 amide bonds. The maximum Gasteiger partial charge on any atom is 0.264 e. The normalized spacial score (nSPS) is 11.0. The van der Waals surface area contributed by atoms with Gasteiger partial charge in [-0.1, -0.05) is 24.3 Å². The minimum absolute atomic E-state index is 0.138. The third kappa shape index (κ3) is 4.25. The summed E-state index contributed by atoms with van der Waals surface area (Å²) in [5, 5.41) is 0. The maximum absolute atomic E-state index is 13.0. The second kappa shape index (κ2) is 8.36. The van der Waals surface area contributed by atoms with Gasteiger partial charge in [-0.05, 0) is 54.6 Å². The number of nitrogens with zero attached hydrogens (tertiary/aromatic N) is 2. The Morgan fingerprint density at radius 2 is 1.45 bits per heavy atom. The van der Waals surface area contributed by atoms with Gasteiger partial charge < -0.3 is 9.64 Å². The number of hydrogen-bond donors (Lipinski definition) is 0. The van der Waals surface area contributed by atoms with Crippen LogP contribution in [0.2, 0.25) is 0 Å². The quantitative estimate of drug-likeness (QED) is 0.620. The molecule has 3 aromatic rings. The summed E-state index contributed by atoms with van der Waals surface area (Å²) >= 11 is 0. The predicted molar refractivity (Wildman–Crippen MR) is 114 cm³/mol. The minimum atomic E-state index is -3.78. The topological polar surface area (TPSA) is 66.9 Å². The first kappa shape index (κ1) is 20.4. The Kier molecular flexibility index (Phi) is 5.89. The van der Waals surface area contributed by atoms with E-state index in [1.807, 2.05) is 30.3 Å². The van der Waals surface area contributed by atoms with Crippen molar-refractivity contribution in [2.45, 2.75) is 4.90 Å². The van der Waals surface area contributed by atoms with Crippen molar-refractivity contribution >= 4 is 27.3 Å². The van der Waals surface area contributed by atoms with Gasteiger partial charge in [-0.25, -0.2) is 8.42 Å². The third-order valence-electron chi connectivity index (χ3n) is 4.62. The van der Waals surface area contributed by atoms with Gasteiger partial charge in [0.05, 0.1) is 17.7 Å². The number of hydrogen-bond acceptors (Lipinski definition) is 4. The average Bonchev–Trinajstić information content (AvgIpc) is 2.78. The summed E-state index contributed by atoms with van der Waals surface area (Å²) in [6.45, 7) is 0. The summed E-state index contributed by atoms with van der Waals surface area (Å²) in [6, 6.07) is 22.0. The molecule has 7 heteroatoms. The monoisotopic (exact) mass is 410 g/mol. The fourth-order valence-corrected chi connectivity index (χ4v) is 4.03. The van der Waals surface area contributed by atoms with E-state index in [0.717, 1.165) is 9.99 Å². The van der Waals surface area contributed by atoms with Crippen LogP contribution in [0.1, 0.15) is 10.4 Å². The highest BCUT2D eigenvalue weighted by Gasteiger charge is 2.22. The lowest BCUT2D eigenvalue weighted by Gasteiger charge is -2.21. The van der Waals surface area contributed by atoms with Gasteiger partial charge in [0.15, 0.2) is 0 Å². The second-order valence-electron chi connectivity index (χ2n) is 6.40. The van der Waals surface area contributed by atoms with Gasteiger partial charge in [0.1, 0.15) is 5.75 Å². The van der Waals surface area contributed by atoms with E-state index >= 15 is 0 Å². The molecule has 0 N–H and O–H groups in total.